The minimum Gasteiger partial charge on any atom is -0.309 e. The van der Waals surface area contributed by atoms with E-state index in [0.717, 1.165) is 45.0 Å². The molecule has 0 amide bonds. The fraction of sp³-hybridized carbons (Fsp3) is 0.101. The lowest BCUT2D eigenvalue weighted by Crippen LogP contribution is -2.16. The second-order valence-electron chi connectivity index (χ2n) is 20.5. The summed E-state index contributed by atoms with van der Waals surface area (Å²) in [6.45, 7) is 15.6. The summed E-state index contributed by atoms with van der Waals surface area (Å²) in [4.78, 5) is 10.5. The van der Waals surface area contributed by atoms with E-state index in [2.05, 4.69) is 234 Å². The highest BCUT2D eigenvalue weighted by Gasteiger charge is 2.36. The number of fused-ring (bicyclic) bond motifs is 14. The Morgan fingerprint density at radius 3 is 2.14 bits per heavy atom. The number of benzene rings is 8. The maximum absolute atomic E-state index is 5.32. The van der Waals surface area contributed by atoms with E-state index in [1.807, 2.05) is 17.4 Å². The van der Waals surface area contributed by atoms with Gasteiger partial charge in [-0.15, -0.1) is 22.7 Å². The predicted molar refractivity (Wildman–Crippen MR) is 321 cm³/mol. The Labute approximate surface area is 438 Å². The number of aromatic nitrogens is 3. The molecule has 2 aliphatic rings. The van der Waals surface area contributed by atoms with Crippen molar-refractivity contribution in [3.63, 3.8) is 0 Å². The topological polar surface area (TPSA) is 30.7 Å². The van der Waals surface area contributed by atoms with Crippen LogP contribution in [0, 0.1) is 6.92 Å². The van der Waals surface area contributed by atoms with Crippen molar-refractivity contribution >= 4 is 112 Å². The molecule has 12 aromatic rings. The van der Waals surface area contributed by atoms with Gasteiger partial charge in [-0.3, -0.25) is 0 Å². The Morgan fingerprint density at radius 1 is 0.635 bits per heavy atom. The molecule has 74 heavy (non-hydrogen) atoms. The molecule has 14 rings (SSSR count). The van der Waals surface area contributed by atoms with Crippen LogP contribution in [0.4, 0.5) is 0 Å². The number of aryl methyl sites for hydroxylation is 1. The summed E-state index contributed by atoms with van der Waals surface area (Å²) in [5.41, 5.74) is 20.3. The molecule has 0 radical (unpaired) electrons. The summed E-state index contributed by atoms with van der Waals surface area (Å²) in [5.74, 6) is 0.747. The summed E-state index contributed by atoms with van der Waals surface area (Å²) < 4.78 is 7.52. The largest absolute Gasteiger partial charge is 0.309 e. The second kappa shape index (κ2) is 16.9. The number of hydrogen-bond acceptors (Lipinski definition) is 4. The third-order valence-electron chi connectivity index (χ3n) is 15.8. The third kappa shape index (κ3) is 6.63. The van der Waals surface area contributed by atoms with E-state index in [-0.39, 0.29) is 5.41 Å². The van der Waals surface area contributed by atoms with Gasteiger partial charge >= 0.3 is 0 Å². The molecule has 0 saturated heterocycles. The maximum atomic E-state index is 5.32. The zero-order chi connectivity index (χ0) is 50.0. The normalized spacial score (nSPS) is 14.8. The van der Waals surface area contributed by atoms with E-state index in [1.165, 1.54) is 119 Å². The number of allylic oxidation sites excluding steroid dienone is 11. The molecule has 5 heteroatoms. The van der Waals surface area contributed by atoms with Crippen LogP contribution < -0.4 is 0 Å². The minimum atomic E-state index is -0.155. The van der Waals surface area contributed by atoms with E-state index < -0.39 is 0 Å². The molecular formula is C69H51N3S2. The van der Waals surface area contributed by atoms with Crippen LogP contribution >= 0.6 is 22.7 Å². The Balaban J connectivity index is 0.933. The van der Waals surface area contributed by atoms with Gasteiger partial charge in [-0.05, 0) is 131 Å². The molecule has 8 aromatic carbocycles. The molecule has 0 fully saturated rings. The molecule has 4 aromatic heterocycles. The van der Waals surface area contributed by atoms with Crippen LogP contribution in [0.3, 0.4) is 0 Å². The van der Waals surface area contributed by atoms with Gasteiger partial charge < -0.3 is 4.57 Å². The van der Waals surface area contributed by atoms with Crippen LogP contribution in [0.15, 0.2) is 212 Å². The average Bonchev–Trinajstić information content (AvgIpc) is 4.14. The molecule has 354 valence electrons. The van der Waals surface area contributed by atoms with Crippen LogP contribution in [0.1, 0.15) is 62.1 Å². The molecule has 0 aliphatic heterocycles. The molecule has 2 aliphatic carbocycles. The highest BCUT2D eigenvalue weighted by molar-refractivity contribution is 7.27. The number of hydrogen-bond donors (Lipinski definition) is 0. The Hall–Kier alpha value is -8.22. The van der Waals surface area contributed by atoms with Gasteiger partial charge in [-0.2, -0.15) is 0 Å². The van der Waals surface area contributed by atoms with Crippen molar-refractivity contribution in [3.8, 4) is 28.2 Å². The molecule has 0 atom stereocenters. The maximum Gasteiger partial charge on any atom is 0.160 e. The van der Waals surface area contributed by atoms with Crippen molar-refractivity contribution in [2.24, 2.45) is 0 Å². The first-order valence-electron chi connectivity index (χ1n) is 25.6. The summed E-state index contributed by atoms with van der Waals surface area (Å²) in [6.07, 6.45) is 14.2. The summed E-state index contributed by atoms with van der Waals surface area (Å²) >= 11 is 3.70. The lowest BCUT2D eigenvalue weighted by Gasteiger charge is -2.23. The monoisotopic (exact) mass is 985 g/mol. The smallest absolute Gasteiger partial charge is 0.160 e. The molecular weight excluding hydrogens is 935 g/mol. The molecule has 0 bridgehead atoms. The third-order valence-corrected chi connectivity index (χ3v) is 18.2. The quantitative estimate of drug-likeness (QED) is 0.159. The van der Waals surface area contributed by atoms with Crippen molar-refractivity contribution in [2.45, 2.75) is 46.5 Å². The van der Waals surface area contributed by atoms with Gasteiger partial charge in [0.25, 0.3) is 0 Å². The first kappa shape index (κ1) is 44.5. The van der Waals surface area contributed by atoms with Crippen molar-refractivity contribution < 1.29 is 0 Å². The Kier molecular flexibility index (Phi) is 10.2. The number of para-hydroxylation sites is 1. The standard InChI is InChI=1S/C69H51N3S2/c1-7-19-49-50-33-30-44(39-57(50)69(5,6)56(49)8-2)43-31-34-51-55(38-43)66-62(53-24-13-16-28-59(53)73-66)61-52-23-12-15-27-58(52)72(65(51)61)46-32-35-48(41(4)37-46)47-26-18-22-45(36-40(47)3)63-67-64(54-25-14-17-29-60(54)74-67)71-68(70-63)42-20-10-9-11-21-42/h7-25,27-39H,2,26H2,1,3-6H3/b19-7-. The van der Waals surface area contributed by atoms with Crippen LogP contribution in [0.5, 0.6) is 0 Å². The summed E-state index contributed by atoms with van der Waals surface area (Å²) in [6, 6.07) is 58.3. The van der Waals surface area contributed by atoms with Crippen LogP contribution in [-0.2, 0) is 5.41 Å². The fourth-order valence-electron chi connectivity index (χ4n) is 12.4. The van der Waals surface area contributed by atoms with Crippen LogP contribution in [0.25, 0.3) is 118 Å². The first-order valence-corrected chi connectivity index (χ1v) is 27.2. The number of nitrogens with zero attached hydrogens (tertiary/aromatic N) is 3. The SMILES string of the molecule is C=CC1=C(/C=C\C)c2ccc(-c3ccc4c(c3)c3sc5ccccc5c3c3c5ccccc5n(-c5ccc(C6=C(C)C=C(c7nc(-c8ccccc8)nc8c7sc7ccccc78)C=CC6)c(C)c5)c43)cc2C1(C)C. The van der Waals surface area contributed by atoms with E-state index in [0.29, 0.717) is 0 Å². The minimum absolute atomic E-state index is 0.155. The molecule has 0 spiro atoms. The van der Waals surface area contributed by atoms with Crippen molar-refractivity contribution in [1.29, 1.82) is 0 Å². The summed E-state index contributed by atoms with van der Waals surface area (Å²) in [7, 11) is 0. The van der Waals surface area contributed by atoms with Crippen molar-refractivity contribution in [3.05, 3.63) is 240 Å². The predicted octanol–water partition coefficient (Wildman–Crippen LogP) is 19.7. The molecule has 3 nitrogen and oxygen atoms in total. The van der Waals surface area contributed by atoms with Gasteiger partial charge in [0.1, 0.15) is 0 Å². The van der Waals surface area contributed by atoms with Gasteiger partial charge in [0.15, 0.2) is 5.82 Å². The zero-order valence-electron chi connectivity index (χ0n) is 42.0. The van der Waals surface area contributed by atoms with Gasteiger partial charge in [0.2, 0.25) is 0 Å². The lowest BCUT2D eigenvalue weighted by molar-refractivity contribution is 0.655. The highest BCUT2D eigenvalue weighted by atomic mass is 32.1. The molecule has 0 saturated carbocycles. The van der Waals surface area contributed by atoms with Gasteiger partial charge in [-0.25, -0.2) is 9.97 Å². The first-order chi connectivity index (χ1) is 36.2. The van der Waals surface area contributed by atoms with E-state index in [9.17, 15) is 0 Å². The molecule has 4 heterocycles. The zero-order valence-corrected chi connectivity index (χ0v) is 43.7. The van der Waals surface area contributed by atoms with E-state index >= 15 is 0 Å². The van der Waals surface area contributed by atoms with Crippen molar-refractivity contribution in [1.82, 2.24) is 14.5 Å². The van der Waals surface area contributed by atoms with Crippen LogP contribution in [0.2, 0.25) is 0 Å². The fourth-order valence-corrected chi connectivity index (χ4v) is 14.8. The van der Waals surface area contributed by atoms with Gasteiger partial charge in [0, 0.05) is 74.0 Å². The summed E-state index contributed by atoms with van der Waals surface area (Å²) in [5, 5.41) is 8.93. The average molecular weight is 986 g/mol. The Bertz CT molecular complexity index is 4580. The highest BCUT2D eigenvalue weighted by Crippen LogP contribution is 2.51. The van der Waals surface area contributed by atoms with Gasteiger partial charge in [0.05, 0.1) is 26.9 Å². The molecule has 0 unspecified atom stereocenters. The molecule has 0 N–H and O–H groups in total. The Morgan fingerprint density at radius 2 is 1.34 bits per heavy atom. The van der Waals surface area contributed by atoms with E-state index in [1.54, 1.807) is 11.3 Å². The number of thiophene rings is 2. The van der Waals surface area contributed by atoms with Gasteiger partial charge in [-0.1, -0.05) is 166 Å². The van der Waals surface area contributed by atoms with Crippen LogP contribution in [-0.4, -0.2) is 14.5 Å². The van der Waals surface area contributed by atoms with E-state index in [4.69, 9.17) is 9.97 Å². The lowest BCUT2D eigenvalue weighted by atomic mass is 9.80. The number of rotatable bonds is 7. The second-order valence-corrected chi connectivity index (χ2v) is 22.6. The van der Waals surface area contributed by atoms with Crippen molar-refractivity contribution in [2.75, 3.05) is 0 Å².